The maximum atomic E-state index is 5.49. The molecule has 13 heavy (non-hydrogen) atoms. The average molecular weight is 184 g/mol. The second kappa shape index (κ2) is 5.40. The molecule has 0 aromatic heterocycles. The molecule has 0 aromatic rings. The van der Waals surface area contributed by atoms with E-state index in [2.05, 4.69) is 39.7 Å². The molecule has 2 heteroatoms. The smallest absolute Gasteiger partial charge is 0.0252 e. The lowest BCUT2D eigenvalue weighted by Gasteiger charge is -2.25. The first-order valence-electron chi connectivity index (χ1n) is 5.02. The van der Waals surface area contributed by atoms with Crippen LogP contribution in [0.2, 0.25) is 0 Å². The summed E-state index contributed by atoms with van der Waals surface area (Å²) < 4.78 is 0. The van der Waals surface area contributed by atoms with Crippen molar-refractivity contribution in [3.63, 3.8) is 0 Å². The van der Waals surface area contributed by atoms with Crippen molar-refractivity contribution in [2.45, 2.75) is 53.0 Å². The molecular weight excluding hydrogens is 160 g/mol. The van der Waals surface area contributed by atoms with Crippen LogP contribution in [0.4, 0.5) is 0 Å². The number of hydrogen-bond acceptors (Lipinski definition) is 2. The molecule has 0 amide bonds. The second-order valence-corrected chi connectivity index (χ2v) is 4.94. The normalized spacial score (nSPS) is 14.2. The molecular formula is C11H24N2. The highest BCUT2D eigenvalue weighted by atomic mass is 15.2. The Labute approximate surface area is 82.6 Å². The van der Waals surface area contributed by atoms with Crippen molar-refractivity contribution >= 4 is 0 Å². The monoisotopic (exact) mass is 184 g/mol. The van der Waals surface area contributed by atoms with Gasteiger partial charge in [-0.15, -0.1) is 0 Å². The highest BCUT2D eigenvalue weighted by Gasteiger charge is 2.17. The summed E-state index contributed by atoms with van der Waals surface area (Å²) in [6.45, 7) is 12.8. The first-order valence-corrected chi connectivity index (χ1v) is 5.02. The molecule has 0 fully saturated rings. The fourth-order valence-electron chi connectivity index (χ4n) is 1.42. The lowest BCUT2D eigenvalue weighted by Crippen LogP contribution is -2.38. The van der Waals surface area contributed by atoms with Gasteiger partial charge in [0.1, 0.15) is 0 Å². The van der Waals surface area contributed by atoms with Gasteiger partial charge < -0.3 is 0 Å². The molecule has 3 N–H and O–H groups in total. The van der Waals surface area contributed by atoms with Gasteiger partial charge in [-0.2, -0.15) is 0 Å². The molecule has 0 aliphatic rings. The van der Waals surface area contributed by atoms with E-state index in [4.69, 9.17) is 5.84 Å². The summed E-state index contributed by atoms with van der Waals surface area (Å²) in [5, 5.41) is 0. The molecule has 0 bridgehead atoms. The number of rotatable bonds is 5. The standard InChI is InChI=1S/C11H24N2/c1-6-9(2)7-10(13-12)8-11(3,4)5/h10,13H,2,6-8,12H2,1,3-5H3. The van der Waals surface area contributed by atoms with Crippen LogP contribution in [0.3, 0.4) is 0 Å². The quantitative estimate of drug-likeness (QED) is 0.391. The van der Waals surface area contributed by atoms with E-state index in [0.29, 0.717) is 11.5 Å². The van der Waals surface area contributed by atoms with E-state index in [0.717, 1.165) is 19.3 Å². The van der Waals surface area contributed by atoms with Gasteiger partial charge in [0.25, 0.3) is 0 Å². The van der Waals surface area contributed by atoms with E-state index >= 15 is 0 Å². The van der Waals surface area contributed by atoms with Gasteiger partial charge in [0.05, 0.1) is 0 Å². The Kier molecular flexibility index (Phi) is 5.26. The molecule has 0 heterocycles. The summed E-state index contributed by atoms with van der Waals surface area (Å²) in [6.07, 6.45) is 3.12. The van der Waals surface area contributed by atoms with Gasteiger partial charge in [-0.3, -0.25) is 11.3 Å². The summed E-state index contributed by atoms with van der Waals surface area (Å²) in [7, 11) is 0. The molecule has 0 saturated heterocycles. The van der Waals surface area contributed by atoms with E-state index < -0.39 is 0 Å². The molecule has 0 rings (SSSR count). The molecule has 0 aliphatic carbocycles. The summed E-state index contributed by atoms with van der Waals surface area (Å²) in [4.78, 5) is 0. The van der Waals surface area contributed by atoms with Crippen LogP contribution in [-0.2, 0) is 0 Å². The lowest BCUT2D eigenvalue weighted by atomic mass is 9.86. The summed E-state index contributed by atoms with van der Waals surface area (Å²) >= 11 is 0. The number of nitrogens with one attached hydrogen (secondary N) is 1. The highest BCUT2D eigenvalue weighted by Crippen LogP contribution is 2.23. The van der Waals surface area contributed by atoms with Crippen LogP contribution in [0.15, 0.2) is 12.2 Å². The zero-order valence-electron chi connectivity index (χ0n) is 9.48. The van der Waals surface area contributed by atoms with Crippen LogP contribution in [0.1, 0.15) is 47.0 Å². The largest absolute Gasteiger partial charge is 0.271 e. The minimum Gasteiger partial charge on any atom is -0.271 e. The Morgan fingerprint density at radius 1 is 1.46 bits per heavy atom. The van der Waals surface area contributed by atoms with Crippen LogP contribution in [-0.4, -0.2) is 6.04 Å². The fourth-order valence-corrected chi connectivity index (χ4v) is 1.42. The van der Waals surface area contributed by atoms with Gasteiger partial charge in [0.15, 0.2) is 0 Å². The van der Waals surface area contributed by atoms with Gasteiger partial charge in [0, 0.05) is 6.04 Å². The minimum atomic E-state index is 0.324. The Morgan fingerprint density at radius 2 is 2.00 bits per heavy atom. The number of hydrogen-bond donors (Lipinski definition) is 2. The summed E-state index contributed by atoms with van der Waals surface area (Å²) in [6, 6.07) is 0.368. The summed E-state index contributed by atoms with van der Waals surface area (Å²) in [5.41, 5.74) is 4.46. The maximum Gasteiger partial charge on any atom is 0.0252 e. The van der Waals surface area contributed by atoms with E-state index in [1.807, 2.05) is 0 Å². The summed E-state index contributed by atoms with van der Waals surface area (Å²) in [5.74, 6) is 5.49. The fraction of sp³-hybridized carbons (Fsp3) is 0.818. The molecule has 0 aromatic carbocycles. The Balaban J connectivity index is 3.97. The van der Waals surface area contributed by atoms with Crippen molar-refractivity contribution in [1.82, 2.24) is 5.43 Å². The van der Waals surface area contributed by atoms with Crippen molar-refractivity contribution in [2.24, 2.45) is 11.3 Å². The van der Waals surface area contributed by atoms with Crippen molar-refractivity contribution in [3.05, 3.63) is 12.2 Å². The van der Waals surface area contributed by atoms with Gasteiger partial charge in [-0.25, -0.2) is 0 Å². The zero-order chi connectivity index (χ0) is 10.5. The van der Waals surface area contributed by atoms with Gasteiger partial charge >= 0.3 is 0 Å². The Bertz CT molecular complexity index is 156. The number of hydrazine groups is 1. The third kappa shape index (κ3) is 6.79. The van der Waals surface area contributed by atoms with Crippen LogP contribution in [0.25, 0.3) is 0 Å². The van der Waals surface area contributed by atoms with Crippen molar-refractivity contribution in [1.29, 1.82) is 0 Å². The molecule has 1 atom stereocenters. The second-order valence-electron chi connectivity index (χ2n) is 4.94. The SMILES string of the molecule is C=C(CC)CC(CC(C)(C)C)NN. The van der Waals surface area contributed by atoms with Crippen LogP contribution in [0.5, 0.6) is 0 Å². The predicted molar refractivity (Wildman–Crippen MR) is 59.2 cm³/mol. The molecule has 78 valence electrons. The van der Waals surface area contributed by atoms with Gasteiger partial charge in [0.2, 0.25) is 0 Å². The molecule has 0 saturated carbocycles. The topological polar surface area (TPSA) is 38.0 Å². The predicted octanol–water partition coefficient (Wildman–Crippen LogP) is 2.61. The van der Waals surface area contributed by atoms with Crippen LogP contribution in [0, 0.1) is 5.41 Å². The van der Waals surface area contributed by atoms with Crippen molar-refractivity contribution in [2.75, 3.05) is 0 Å². The van der Waals surface area contributed by atoms with Gasteiger partial charge in [-0.05, 0) is 24.7 Å². The van der Waals surface area contributed by atoms with Crippen LogP contribution < -0.4 is 11.3 Å². The third-order valence-corrected chi connectivity index (χ3v) is 2.13. The van der Waals surface area contributed by atoms with E-state index in [1.165, 1.54) is 5.57 Å². The first kappa shape index (κ1) is 12.7. The molecule has 1 unspecified atom stereocenters. The molecule has 0 aliphatic heterocycles. The van der Waals surface area contributed by atoms with E-state index in [1.54, 1.807) is 0 Å². The lowest BCUT2D eigenvalue weighted by molar-refractivity contribution is 0.307. The molecule has 2 nitrogen and oxygen atoms in total. The van der Waals surface area contributed by atoms with Crippen molar-refractivity contribution in [3.8, 4) is 0 Å². The van der Waals surface area contributed by atoms with E-state index in [9.17, 15) is 0 Å². The third-order valence-electron chi connectivity index (χ3n) is 2.13. The molecule has 0 radical (unpaired) electrons. The Hall–Kier alpha value is -0.340. The highest BCUT2D eigenvalue weighted by molar-refractivity contribution is 4.96. The maximum absolute atomic E-state index is 5.49. The van der Waals surface area contributed by atoms with Crippen molar-refractivity contribution < 1.29 is 0 Å². The Morgan fingerprint density at radius 3 is 2.31 bits per heavy atom. The average Bonchev–Trinajstić information content (AvgIpc) is 2.00. The van der Waals surface area contributed by atoms with E-state index in [-0.39, 0.29) is 0 Å². The van der Waals surface area contributed by atoms with Crippen LogP contribution >= 0.6 is 0 Å². The minimum absolute atomic E-state index is 0.324. The first-order chi connectivity index (χ1) is 5.89. The number of nitrogens with two attached hydrogens (primary N) is 1. The zero-order valence-corrected chi connectivity index (χ0v) is 9.48. The van der Waals surface area contributed by atoms with Gasteiger partial charge in [-0.1, -0.05) is 39.8 Å². The molecule has 0 spiro atoms.